The van der Waals surface area contributed by atoms with Gasteiger partial charge in [-0.25, -0.2) is 0 Å². The fourth-order valence-electron chi connectivity index (χ4n) is 2.94. The molecule has 0 saturated carbocycles. The molecule has 1 fully saturated rings. The van der Waals surface area contributed by atoms with Gasteiger partial charge >= 0.3 is 0 Å². The number of carbonyl (C=O) groups excluding carboxylic acids is 1. The minimum atomic E-state index is 0.106. The fourth-order valence-corrected chi connectivity index (χ4v) is 2.94. The van der Waals surface area contributed by atoms with E-state index >= 15 is 0 Å². The van der Waals surface area contributed by atoms with Crippen molar-refractivity contribution >= 4 is 5.91 Å². The third kappa shape index (κ3) is 6.04. The summed E-state index contributed by atoms with van der Waals surface area (Å²) in [5.41, 5.74) is 1.08. The average molecular weight is 335 g/mol. The van der Waals surface area contributed by atoms with Gasteiger partial charge in [-0.05, 0) is 56.2 Å². The molecule has 1 heterocycles. The number of aryl methyl sites for hydroxylation is 1. The summed E-state index contributed by atoms with van der Waals surface area (Å²) in [4.78, 5) is 12.0. The summed E-state index contributed by atoms with van der Waals surface area (Å²) in [6.45, 7) is 5.02. The van der Waals surface area contributed by atoms with E-state index < -0.39 is 0 Å². The number of carbonyl (C=O) groups is 1. The lowest BCUT2D eigenvalue weighted by Crippen LogP contribution is -2.27. The monoisotopic (exact) mass is 335 g/mol. The van der Waals surface area contributed by atoms with Crippen molar-refractivity contribution in [2.45, 2.75) is 39.0 Å². The highest BCUT2D eigenvalue weighted by Gasteiger charge is 2.13. The Bertz CT molecular complexity index is 512. The summed E-state index contributed by atoms with van der Waals surface area (Å²) >= 11 is 0. The number of benzene rings is 1. The molecule has 1 saturated heterocycles. The smallest absolute Gasteiger partial charge is 0.220 e. The number of nitrogens with one attached hydrogen (secondary N) is 1. The molecule has 5 heteroatoms. The van der Waals surface area contributed by atoms with Crippen molar-refractivity contribution in [1.82, 2.24) is 5.32 Å². The Hall–Kier alpha value is -1.75. The van der Waals surface area contributed by atoms with E-state index in [1.165, 1.54) is 0 Å². The molecular weight excluding hydrogens is 306 g/mol. The molecule has 1 N–H and O–H groups in total. The van der Waals surface area contributed by atoms with Crippen LogP contribution in [0.15, 0.2) is 18.2 Å². The topological polar surface area (TPSA) is 56.8 Å². The van der Waals surface area contributed by atoms with Crippen LogP contribution in [0.4, 0.5) is 0 Å². The van der Waals surface area contributed by atoms with Crippen LogP contribution in [0, 0.1) is 5.92 Å². The number of amides is 1. The highest BCUT2D eigenvalue weighted by molar-refractivity contribution is 5.76. The molecule has 1 aliphatic heterocycles. The zero-order chi connectivity index (χ0) is 17.2. The van der Waals surface area contributed by atoms with Gasteiger partial charge in [0.1, 0.15) is 0 Å². The van der Waals surface area contributed by atoms with Crippen LogP contribution in [0.2, 0.25) is 0 Å². The summed E-state index contributed by atoms with van der Waals surface area (Å²) in [5.74, 6) is 2.25. The van der Waals surface area contributed by atoms with E-state index in [1.54, 1.807) is 7.11 Å². The molecule has 1 aromatic carbocycles. The molecular formula is C19H29NO4. The van der Waals surface area contributed by atoms with Crippen molar-refractivity contribution in [3.05, 3.63) is 23.8 Å². The van der Waals surface area contributed by atoms with Gasteiger partial charge in [0.25, 0.3) is 0 Å². The van der Waals surface area contributed by atoms with Gasteiger partial charge in [0, 0.05) is 26.2 Å². The predicted octanol–water partition coefficient (Wildman–Crippen LogP) is 2.96. The van der Waals surface area contributed by atoms with Crippen LogP contribution in [0.3, 0.4) is 0 Å². The van der Waals surface area contributed by atoms with Crippen LogP contribution < -0.4 is 14.8 Å². The van der Waals surface area contributed by atoms with Crippen molar-refractivity contribution in [2.75, 3.05) is 33.5 Å². The Morgan fingerprint density at radius 1 is 1.29 bits per heavy atom. The summed E-state index contributed by atoms with van der Waals surface area (Å²) in [6.07, 6.45) is 4.46. The van der Waals surface area contributed by atoms with E-state index in [9.17, 15) is 4.79 Å². The van der Waals surface area contributed by atoms with Gasteiger partial charge in [-0.3, -0.25) is 4.79 Å². The van der Waals surface area contributed by atoms with Crippen LogP contribution in [0.1, 0.15) is 38.2 Å². The van der Waals surface area contributed by atoms with Gasteiger partial charge in [-0.15, -0.1) is 0 Å². The van der Waals surface area contributed by atoms with Crippen LogP contribution in [0.25, 0.3) is 0 Å². The first-order valence-electron chi connectivity index (χ1n) is 8.87. The van der Waals surface area contributed by atoms with Gasteiger partial charge in [0.05, 0.1) is 13.7 Å². The van der Waals surface area contributed by atoms with Crippen molar-refractivity contribution in [1.29, 1.82) is 0 Å². The number of methoxy groups -OCH3 is 1. The van der Waals surface area contributed by atoms with Crippen LogP contribution >= 0.6 is 0 Å². The predicted molar refractivity (Wildman–Crippen MR) is 93.7 cm³/mol. The van der Waals surface area contributed by atoms with E-state index in [-0.39, 0.29) is 5.91 Å². The molecule has 0 atom stereocenters. The lowest BCUT2D eigenvalue weighted by atomic mass is 9.97. The number of rotatable bonds is 9. The molecule has 1 aromatic rings. The third-order valence-electron chi connectivity index (χ3n) is 4.38. The third-order valence-corrected chi connectivity index (χ3v) is 4.38. The van der Waals surface area contributed by atoms with Crippen molar-refractivity contribution in [2.24, 2.45) is 5.92 Å². The molecule has 5 nitrogen and oxygen atoms in total. The van der Waals surface area contributed by atoms with E-state index in [0.717, 1.165) is 50.3 Å². The number of hydrogen-bond acceptors (Lipinski definition) is 4. The maximum atomic E-state index is 12.0. The van der Waals surface area contributed by atoms with Gasteiger partial charge in [0.15, 0.2) is 11.5 Å². The lowest BCUT2D eigenvalue weighted by molar-refractivity contribution is -0.121. The Morgan fingerprint density at radius 2 is 2.08 bits per heavy atom. The first kappa shape index (κ1) is 18.6. The molecule has 1 aliphatic rings. The molecule has 0 aromatic heterocycles. The summed E-state index contributed by atoms with van der Waals surface area (Å²) < 4.78 is 16.2. The molecule has 134 valence electrons. The second-order valence-corrected chi connectivity index (χ2v) is 6.11. The normalized spacial score (nSPS) is 15.1. The molecule has 0 radical (unpaired) electrons. The van der Waals surface area contributed by atoms with E-state index in [2.05, 4.69) is 5.32 Å². The fraction of sp³-hybridized carbons (Fsp3) is 0.632. The molecule has 0 unspecified atom stereocenters. The second kappa shape index (κ2) is 10.2. The first-order valence-corrected chi connectivity index (χ1v) is 8.87. The largest absolute Gasteiger partial charge is 0.493 e. The Balaban J connectivity index is 1.70. The van der Waals surface area contributed by atoms with E-state index in [0.29, 0.717) is 31.1 Å². The molecule has 1 amide bonds. The molecule has 2 rings (SSSR count). The van der Waals surface area contributed by atoms with Gasteiger partial charge < -0.3 is 19.5 Å². The average Bonchev–Trinajstić information content (AvgIpc) is 2.62. The Morgan fingerprint density at radius 3 is 2.79 bits per heavy atom. The van der Waals surface area contributed by atoms with Crippen molar-refractivity contribution < 1.29 is 19.0 Å². The van der Waals surface area contributed by atoms with Crippen LogP contribution in [-0.2, 0) is 16.0 Å². The minimum Gasteiger partial charge on any atom is -0.493 e. The van der Waals surface area contributed by atoms with E-state index in [4.69, 9.17) is 14.2 Å². The minimum absolute atomic E-state index is 0.106. The highest BCUT2D eigenvalue weighted by atomic mass is 16.5. The number of ether oxygens (including phenoxy) is 3. The lowest BCUT2D eigenvalue weighted by Gasteiger charge is -2.21. The Kier molecular flexibility index (Phi) is 7.89. The second-order valence-electron chi connectivity index (χ2n) is 6.11. The summed E-state index contributed by atoms with van der Waals surface area (Å²) in [5, 5.41) is 3.02. The maximum Gasteiger partial charge on any atom is 0.220 e. The summed E-state index contributed by atoms with van der Waals surface area (Å²) in [6, 6.07) is 5.84. The highest BCUT2D eigenvalue weighted by Crippen LogP contribution is 2.28. The van der Waals surface area contributed by atoms with Gasteiger partial charge in [0.2, 0.25) is 5.91 Å². The van der Waals surface area contributed by atoms with E-state index in [1.807, 2.05) is 25.1 Å². The van der Waals surface area contributed by atoms with Crippen molar-refractivity contribution in [3.8, 4) is 11.5 Å². The SMILES string of the molecule is CCOc1ccc(CCC(=O)NCCC2CCOCC2)cc1OC. The molecule has 0 bridgehead atoms. The molecule has 0 spiro atoms. The summed E-state index contributed by atoms with van der Waals surface area (Å²) in [7, 11) is 1.63. The van der Waals surface area contributed by atoms with Gasteiger partial charge in [-0.1, -0.05) is 6.07 Å². The molecule has 24 heavy (non-hydrogen) atoms. The van der Waals surface area contributed by atoms with Gasteiger partial charge in [-0.2, -0.15) is 0 Å². The number of hydrogen-bond donors (Lipinski definition) is 1. The maximum absolute atomic E-state index is 12.0. The molecule has 0 aliphatic carbocycles. The zero-order valence-corrected chi connectivity index (χ0v) is 14.8. The quantitative estimate of drug-likeness (QED) is 0.754. The Labute approximate surface area is 144 Å². The standard InChI is InChI=1S/C19H29NO4/c1-3-24-17-6-4-16(14-18(17)22-2)5-7-19(21)20-11-8-15-9-12-23-13-10-15/h4,6,14-15H,3,5,7-13H2,1-2H3,(H,20,21). The first-order chi connectivity index (χ1) is 11.7. The van der Waals surface area contributed by atoms with Crippen LogP contribution in [0.5, 0.6) is 11.5 Å². The van der Waals surface area contributed by atoms with Crippen molar-refractivity contribution in [3.63, 3.8) is 0 Å². The van der Waals surface area contributed by atoms with Crippen LogP contribution in [-0.4, -0.2) is 39.4 Å². The zero-order valence-electron chi connectivity index (χ0n) is 14.8.